The number of nitrogens with one attached hydrogen (secondary N) is 1. The van der Waals surface area contributed by atoms with Gasteiger partial charge in [-0.3, -0.25) is 4.99 Å². The maximum Gasteiger partial charge on any atom is 0.161 e. The molecule has 0 aromatic heterocycles. The topological polar surface area (TPSA) is 24.4 Å². The molecule has 0 atom stereocenters. The SMILES string of the molecule is Cc1cccc(NC2=NCCS2)c1Br. The van der Waals surface area contributed by atoms with Gasteiger partial charge in [-0.15, -0.1) is 0 Å². The van der Waals surface area contributed by atoms with Gasteiger partial charge in [-0.25, -0.2) is 0 Å². The van der Waals surface area contributed by atoms with E-state index >= 15 is 0 Å². The number of amidine groups is 1. The first-order chi connectivity index (χ1) is 6.77. The zero-order valence-corrected chi connectivity index (χ0v) is 10.3. The summed E-state index contributed by atoms with van der Waals surface area (Å²) in [6.45, 7) is 3.01. The van der Waals surface area contributed by atoms with Crippen LogP contribution in [0.4, 0.5) is 5.69 Å². The number of aliphatic imine (C=N–C) groups is 1. The minimum Gasteiger partial charge on any atom is -0.334 e. The normalized spacial score (nSPS) is 15.4. The fourth-order valence-electron chi connectivity index (χ4n) is 1.27. The van der Waals surface area contributed by atoms with E-state index in [1.165, 1.54) is 5.56 Å². The Hall–Kier alpha value is -0.480. The van der Waals surface area contributed by atoms with Crippen molar-refractivity contribution in [2.45, 2.75) is 6.92 Å². The van der Waals surface area contributed by atoms with Crippen molar-refractivity contribution in [1.82, 2.24) is 0 Å². The molecular formula is C10H11BrN2S. The molecule has 1 aromatic carbocycles. The van der Waals surface area contributed by atoms with Crippen LogP contribution >= 0.6 is 27.7 Å². The molecule has 0 radical (unpaired) electrons. The Morgan fingerprint density at radius 1 is 1.50 bits per heavy atom. The lowest BCUT2D eigenvalue weighted by Crippen LogP contribution is -2.05. The van der Waals surface area contributed by atoms with Crippen molar-refractivity contribution < 1.29 is 0 Å². The van der Waals surface area contributed by atoms with Crippen LogP contribution in [0.15, 0.2) is 27.7 Å². The zero-order valence-electron chi connectivity index (χ0n) is 7.88. The van der Waals surface area contributed by atoms with Gasteiger partial charge in [0.1, 0.15) is 0 Å². The van der Waals surface area contributed by atoms with Crippen molar-refractivity contribution in [3.8, 4) is 0 Å². The van der Waals surface area contributed by atoms with Gasteiger partial charge >= 0.3 is 0 Å². The Kier molecular flexibility index (Phi) is 3.13. The third-order valence-corrected chi connectivity index (χ3v) is 3.96. The molecule has 0 saturated heterocycles. The summed E-state index contributed by atoms with van der Waals surface area (Å²) in [5.74, 6) is 1.09. The molecule has 4 heteroatoms. The van der Waals surface area contributed by atoms with Gasteiger partial charge in [-0.05, 0) is 34.5 Å². The summed E-state index contributed by atoms with van der Waals surface area (Å²) in [5.41, 5.74) is 2.33. The highest BCUT2D eigenvalue weighted by Gasteiger charge is 2.09. The number of hydrogen-bond donors (Lipinski definition) is 1. The predicted octanol–water partition coefficient (Wildman–Crippen LogP) is 3.27. The van der Waals surface area contributed by atoms with E-state index in [1.807, 2.05) is 6.07 Å². The second-order valence-corrected chi connectivity index (χ2v) is 4.97. The molecule has 0 saturated carbocycles. The van der Waals surface area contributed by atoms with Crippen LogP contribution in [-0.2, 0) is 0 Å². The lowest BCUT2D eigenvalue weighted by atomic mass is 10.2. The van der Waals surface area contributed by atoms with E-state index in [0.717, 1.165) is 27.6 Å². The Morgan fingerprint density at radius 2 is 2.36 bits per heavy atom. The molecule has 0 bridgehead atoms. The monoisotopic (exact) mass is 270 g/mol. The summed E-state index contributed by atoms with van der Waals surface area (Å²) in [5, 5.41) is 4.34. The van der Waals surface area contributed by atoms with Gasteiger partial charge in [0.05, 0.1) is 12.2 Å². The third-order valence-electron chi connectivity index (χ3n) is 2.02. The van der Waals surface area contributed by atoms with Crippen LogP contribution < -0.4 is 5.32 Å². The van der Waals surface area contributed by atoms with Crippen molar-refractivity contribution in [1.29, 1.82) is 0 Å². The number of anilines is 1. The molecule has 14 heavy (non-hydrogen) atoms. The Morgan fingerprint density at radius 3 is 3.07 bits per heavy atom. The van der Waals surface area contributed by atoms with Crippen molar-refractivity contribution in [3.63, 3.8) is 0 Å². The van der Waals surface area contributed by atoms with Gasteiger partial charge in [-0.1, -0.05) is 23.9 Å². The molecular weight excluding hydrogens is 260 g/mol. The number of nitrogens with zero attached hydrogens (tertiary/aromatic N) is 1. The molecule has 1 aliphatic rings. The quantitative estimate of drug-likeness (QED) is 0.847. The van der Waals surface area contributed by atoms with Crippen LogP contribution in [-0.4, -0.2) is 17.5 Å². The van der Waals surface area contributed by atoms with Crippen LogP contribution in [0.25, 0.3) is 0 Å². The second kappa shape index (κ2) is 4.36. The summed E-state index contributed by atoms with van der Waals surface area (Å²) >= 11 is 5.33. The molecule has 74 valence electrons. The maximum atomic E-state index is 4.35. The average Bonchev–Trinajstić information content (AvgIpc) is 2.66. The molecule has 1 aliphatic heterocycles. The average molecular weight is 271 g/mol. The molecule has 2 nitrogen and oxygen atoms in total. The van der Waals surface area contributed by atoms with Crippen LogP contribution in [0, 0.1) is 6.92 Å². The van der Waals surface area contributed by atoms with Crippen LogP contribution in [0.1, 0.15) is 5.56 Å². The summed E-state index contributed by atoms with van der Waals surface area (Å²) in [7, 11) is 0. The zero-order chi connectivity index (χ0) is 9.97. The molecule has 1 heterocycles. The van der Waals surface area contributed by atoms with Gasteiger partial charge in [0.25, 0.3) is 0 Å². The summed E-state index contributed by atoms with van der Waals surface area (Å²) in [6, 6.07) is 6.18. The molecule has 0 aliphatic carbocycles. The predicted molar refractivity (Wildman–Crippen MR) is 67.3 cm³/mol. The first kappa shape index (κ1) is 10.1. The van der Waals surface area contributed by atoms with Crippen molar-refractivity contribution in [2.75, 3.05) is 17.6 Å². The van der Waals surface area contributed by atoms with E-state index in [9.17, 15) is 0 Å². The van der Waals surface area contributed by atoms with E-state index in [-0.39, 0.29) is 0 Å². The van der Waals surface area contributed by atoms with Crippen molar-refractivity contribution in [3.05, 3.63) is 28.2 Å². The molecule has 2 rings (SSSR count). The van der Waals surface area contributed by atoms with Crippen LogP contribution in [0.3, 0.4) is 0 Å². The maximum absolute atomic E-state index is 4.35. The summed E-state index contributed by atoms with van der Waals surface area (Å²) < 4.78 is 1.12. The number of benzene rings is 1. The van der Waals surface area contributed by atoms with E-state index in [4.69, 9.17) is 0 Å². The standard InChI is InChI=1S/C10H11BrN2S/c1-7-3-2-4-8(9(7)11)13-10-12-5-6-14-10/h2-4H,5-6H2,1H3,(H,12,13). The minimum atomic E-state index is 0.927. The molecule has 0 amide bonds. The number of aryl methyl sites for hydroxylation is 1. The first-order valence-corrected chi connectivity index (χ1v) is 6.24. The van der Waals surface area contributed by atoms with E-state index in [1.54, 1.807) is 11.8 Å². The Labute approximate surface area is 96.3 Å². The van der Waals surface area contributed by atoms with E-state index in [0.29, 0.717) is 0 Å². The van der Waals surface area contributed by atoms with Crippen LogP contribution in [0.2, 0.25) is 0 Å². The number of halogens is 1. The van der Waals surface area contributed by atoms with E-state index in [2.05, 4.69) is 45.3 Å². The highest BCUT2D eigenvalue weighted by molar-refractivity contribution is 9.10. The molecule has 0 unspecified atom stereocenters. The lowest BCUT2D eigenvalue weighted by Gasteiger charge is -2.08. The van der Waals surface area contributed by atoms with Crippen LogP contribution in [0.5, 0.6) is 0 Å². The van der Waals surface area contributed by atoms with Gasteiger partial charge in [0, 0.05) is 10.2 Å². The highest BCUT2D eigenvalue weighted by Crippen LogP contribution is 2.27. The summed E-state index contributed by atoms with van der Waals surface area (Å²) in [4.78, 5) is 4.35. The fraction of sp³-hybridized carbons (Fsp3) is 0.300. The molecule has 1 N–H and O–H groups in total. The van der Waals surface area contributed by atoms with Crippen molar-refractivity contribution in [2.24, 2.45) is 4.99 Å². The van der Waals surface area contributed by atoms with Gasteiger partial charge < -0.3 is 5.32 Å². The fourth-order valence-corrected chi connectivity index (χ4v) is 2.37. The molecule has 0 spiro atoms. The van der Waals surface area contributed by atoms with Gasteiger partial charge in [0.15, 0.2) is 5.17 Å². The first-order valence-electron chi connectivity index (χ1n) is 4.47. The molecule has 1 aromatic rings. The lowest BCUT2D eigenvalue weighted by molar-refractivity contribution is 1.17. The Balaban J connectivity index is 2.20. The minimum absolute atomic E-state index is 0.927. The van der Waals surface area contributed by atoms with E-state index < -0.39 is 0 Å². The second-order valence-electron chi connectivity index (χ2n) is 3.10. The van der Waals surface area contributed by atoms with Crippen molar-refractivity contribution >= 4 is 38.5 Å². The van der Waals surface area contributed by atoms with Gasteiger partial charge in [0.2, 0.25) is 0 Å². The third kappa shape index (κ3) is 2.12. The highest BCUT2D eigenvalue weighted by atomic mass is 79.9. The Bertz CT molecular complexity index is 376. The van der Waals surface area contributed by atoms with Gasteiger partial charge in [-0.2, -0.15) is 0 Å². The molecule has 0 fully saturated rings. The largest absolute Gasteiger partial charge is 0.334 e. The smallest absolute Gasteiger partial charge is 0.161 e. The summed E-state index contributed by atoms with van der Waals surface area (Å²) in [6.07, 6.45) is 0. The number of hydrogen-bond acceptors (Lipinski definition) is 3. The number of rotatable bonds is 1. The number of thioether (sulfide) groups is 1.